The second-order valence-electron chi connectivity index (χ2n) is 10.1. The highest BCUT2D eigenvalue weighted by Gasteiger charge is 2.37. The number of likely N-dealkylation sites (tertiary alicyclic amines) is 1. The van der Waals surface area contributed by atoms with Crippen molar-refractivity contribution in [2.75, 3.05) is 13.1 Å². The van der Waals surface area contributed by atoms with Crippen LogP contribution in [0.25, 0.3) is 55.2 Å². The second kappa shape index (κ2) is 9.39. The van der Waals surface area contributed by atoms with Crippen LogP contribution in [0.15, 0.2) is 61.1 Å². The Kier molecular flexibility index (Phi) is 5.79. The Bertz CT molecular complexity index is 1910. The van der Waals surface area contributed by atoms with Crippen LogP contribution in [-0.4, -0.2) is 59.8 Å². The van der Waals surface area contributed by atoms with Gasteiger partial charge in [0.25, 0.3) is 5.92 Å². The van der Waals surface area contributed by atoms with Crippen LogP contribution in [0.1, 0.15) is 28.6 Å². The molecule has 0 saturated carbocycles. The fourth-order valence-electron chi connectivity index (χ4n) is 5.19. The van der Waals surface area contributed by atoms with Gasteiger partial charge in [-0.2, -0.15) is 5.10 Å². The van der Waals surface area contributed by atoms with Crippen molar-refractivity contribution in [2.24, 2.45) is 0 Å². The summed E-state index contributed by atoms with van der Waals surface area (Å²) in [5, 5.41) is 8.53. The van der Waals surface area contributed by atoms with Crippen LogP contribution >= 0.6 is 11.3 Å². The molecule has 0 bridgehead atoms. The number of carbonyl (C=O) groups is 1. The van der Waals surface area contributed by atoms with E-state index in [1.54, 1.807) is 30.4 Å². The molecule has 0 atom stereocenters. The minimum absolute atomic E-state index is 0.0291. The molecule has 7 heterocycles. The maximum absolute atomic E-state index is 13.6. The summed E-state index contributed by atoms with van der Waals surface area (Å²) < 4.78 is 27.3. The summed E-state index contributed by atoms with van der Waals surface area (Å²) in [4.78, 5) is 32.5. The van der Waals surface area contributed by atoms with Crippen molar-refractivity contribution in [1.29, 1.82) is 0 Å². The van der Waals surface area contributed by atoms with Crippen molar-refractivity contribution in [3.8, 4) is 33.2 Å². The number of fused-ring (bicyclic) bond motifs is 2. The number of nitrogens with one attached hydrogen (secondary N) is 2. The van der Waals surface area contributed by atoms with E-state index in [1.807, 2.05) is 42.5 Å². The molecule has 6 aromatic heterocycles. The lowest BCUT2D eigenvalue weighted by molar-refractivity contribution is 0.0115. The zero-order chi connectivity index (χ0) is 27.4. The number of rotatable bonds is 6. The van der Waals surface area contributed by atoms with Gasteiger partial charge >= 0.3 is 0 Å². The molecule has 7 rings (SSSR count). The van der Waals surface area contributed by atoms with Crippen molar-refractivity contribution >= 4 is 39.1 Å². The molecule has 0 spiro atoms. The van der Waals surface area contributed by atoms with E-state index in [1.165, 1.54) is 11.3 Å². The minimum atomic E-state index is -2.63. The Balaban J connectivity index is 1.24. The topological polar surface area (TPSA) is 103 Å². The molecule has 6 aromatic rings. The van der Waals surface area contributed by atoms with E-state index in [0.717, 1.165) is 43.8 Å². The molecule has 40 heavy (non-hydrogen) atoms. The van der Waals surface area contributed by atoms with Crippen LogP contribution in [0.2, 0.25) is 0 Å². The summed E-state index contributed by atoms with van der Waals surface area (Å²) in [6, 6.07) is 13.4. The molecular formula is C29H23F2N7OS. The van der Waals surface area contributed by atoms with Crippen LogP contribution in [0.5, 0.6) is 0 Å². The van der Waals surface area contributed by atoms with Crippen LogP contribution in [0, 0.1) is 0 Å². The normalized spacial score (nSPS) is 15.4. The average molecular weight is 556 g/mol. The standard InChI is InChI=1S/C29H23F2N7OS/c1-16(39)24-4-5-25(40-24)26-19-11-23(34-21(19)6-8-33-26)28-27-22(36-37-28)3-2-20(35-27)18-10-17(12-32-13-18)14-38-9-7-29(30,31)15-38/h2-6,8,10-13,34H,7,9,14-15H2,1H3,(H,36,37). The highest BCUT2D eigenvalue weighted by atomic mass is 32.1. The maximum atomic E-state index is 13.6. The van der Waals surface area contributed by atoms with E-state index in [0.29, 0.717) is 34.9 Å². The van der Waals surface area contributed by atoms with Gasteiger partial charge in [0.1, 0.15) is 11.2 Å². The fourth-order valence-corrected chi connectivity index (χ4v) is 6.11. The summed E-state index contributed by atoms with van der Waals surface area (Å²) in [5.41, 5.74) is 7.00. The highest BCUT2D eigenvalue weighted by Crippen LogP contribution is 2.36. The lowest BCUT2D eigenvalue weighted by Gasteiger charge is -2.15. The summed E-state index contributed by atoms with van der Waals surface area (Å²) in [5.74, 6) is -2.60. The number of pyridine rings is 3. The molecule has 2 N–H and O–H groups in total. The first-order valence-electron chi connectivity index (χ1n) is 12.8. The lowest BCUT2D eigenvalue weighted by atomic mass is 10.1. The van der Waals surface area contributed by atoms with E-state index in [-0.39, 0.29) is 18.7 Å². The SMILES string of the molecule is CC(=O)c1ccc(-c2nccc3[nH]c(-c4n[nH]c5ccc(-c6cncc(CN7CCC(F)(F)C7)c6)nc45)cc23)s1. The largest absolute Gasteiger partial charge is 0.353 e. The monoisotopic (exact) mass is 555 g/mol. The Morgan fingerprint density at radius 3 is 2.80 bits per heavy atom. The zero-order valence-electron chi connectivity index (χ0n) is 21.4. The Morgan fingerprint density at radius 1 is 1.10 bits per heavy atom. The van der Waals surface area contributed by atoms with Gasteiger partial charge in [0.05, 0.1) is 38.9 Å². The van der Waals surface area contributed by atoms with Crippen molar-refractivity contribution in [3.05, 3.63) is 71.5 Å². The summed E-state index contributed by atoms with van der Waals surface area (Å²) in [6.45, 7) is 2.11. The number of carbonyl (C=O) groups excluding carboxylic acids is 1. The van der Waals surface area contributed by atoms with Gasteiger partial charge in [-0.25, -0.2) is 13.8 Å². The third-order valence-electron chi connectivity index (χ3n) is 7.14. The average Bonchev–Trinajstić information content (AvgIpc) is 3.73. The molecular weight excluding hydrogens is 532 g/mol. The van der Waals surface area contributed by atoms with Crippen molar-refractivity contribution in [3.63, 3.8) is 0 Å². The predicted octanol–water partition coefficient (Wildman–Crippen LogP) is 6.34. The van der Waals surface area contributed by atoms with Gasteiger partial charge < -0.3 is 4.98 Å². The van der Waals surface area contributed by atoms with E-state index in [4.69, 9.17) is 4.98 Å². The predicted molar refractivity (Wildman–Crippen MR) is 150 cm³/mol. The number of hydrogen-bond acceptors (Lipinski definition) is 7. The Morgan fingerprint density at radius 2 is 2.00 bits per heavy atom. The van der Waals surface area contributed by atoms with E-state index in [9.17, 15) is 13.6 Å². The number of thiophene rings is 1. The van der Waals surface area contributed by atoms with Crippen LogP contribution in [0.3, 0.4) is 0 Å². The molecule has 1 aliphatic rings. The molecule has 0 radical (unpaired) electrons. The van der Waals surface area contributed by atoms with Gasteiger partial charge in [-0.3, -0.25) is 24.8 Å². The molecule has 1 fully saturated rings. The molecule has 11 heteroatoms. The van der Waals surface area contributed by atoms with Crippen LogP contribution < -0.4 is 0 Å². The van der Waals surface area contributed by atoms with Crippen molar-refractivity contribution < 1.29 is 13.6 Å². The van der Waals surface area contributed by atoms with Gasteiger partial charge in [-0.05, 0) is 55.0 Å². The first-order chi connectivity index (χ1) is 19.3. The van der Waals surface area contributed by atoms with E-state index >= 15 is 0 Å². The van der Waals surface area contributed by atoms with Gasteiger partial charge in [0, 0.05) is 54.6 Å². The molecule has 0 aliphatic carbocycles. The number of halogens is 2. The Hall–Kier alpha value is -4.35. The molecule has 0 amide bonds. The van der Waals surface area contributed by atoms with Crippen molar-refractivity contribution in [1.82, 2.24) is 35.0 Å². The Labute approximate surface area is 231 Å². The number of nitrogens with zero attached hydrogens (tertiary/aromatic N) is 5. The first kappa shape index (κ1) is 24.7. The number of aromatic nitrogens is 6. The van der Waals surface area contributed by atoms with Gasteiger partial charge in [0.15, 0.2) is 5.78 Å². The molecule has 1 aliphatic heterocycles. The first-order valence-corrected chi connectivity index (χ1v) is 13.6. The van der Waals surface area contributed by atoms with Gasteiger partial charge in [0.2, 0.25) is 0 Å². The van der Waals surface area contributed by atoms with Crippen LogP contribution in [0.4, 0.5) is 8.78 Å². The zero-order valence-corrected chi connectivity index (χ0v) is 22.2. The van der Waals surface area contributed by atoms with Gasteiger partial charge in [-0.15, -0.1) is 11.3 Å². The summed E-state index contributed by atoms with van der Waals surface area (Å²) in [6.07, 6.45) is 5.07. The second-order valence-corrected chi connectivity index (χ2v) is 11.2. The third kappa shape index (κ3) is 4.46. The molecule has 200 valence electrons. The summed E-state index contributed by atoms with van der Waals surface area (Å²) >= 11 is 1.42. The van der Waals surface area contributed by atoms with Crippen LogP contribution in [-0.2, 0) is 6.54 Å². The molecule has 8 nitrogen and oxygen atoms in total. The minimum Gasteiger partial charge on any atom is -0.353 e. The number of alkyl halides is 2. The number of ketones is 1. The van der Waals surface area contributed by atoms with E-state index < -0.39 is 5.92 Å². The number of aromatic amines is 2. The van der Waals surface area contributed by atoms with Gasteiger partial charge in [-0.1, -0.05) is 0 Å². The summed E-state index contributed by atoms with van der Waals surface area (Å²) in [7, 11) is 0. The molecule has 1 saturated heterocycles. The van der Waals surface area contributed by atoms with E-state index in [2.05, 4.69) is 25.1 Å². The number of hydrogen-bond donors (Lipinski definition) is 2. The smallest absolute Gasteiger partial charge is 0.261 e. The number of Topliss-reactive ketones (excluding diaryl/α,β-unsaturated/α-hetero) is 1. The number of H-pyrrole nitrogens is 2. The fraction of sp³-hybridized carbons (Fsp3) is 0.207. The molecule has 0 unspecified atom stereocenters. The highest BCUT2D eigenvalue weighted by molar-refractivity contribution is 7.17. The third-order valence-corrected chi connectivity index (χ3v) is 8.34. The maximum Gasteiger partial charge on any atom is 0.261 e. The lowest BCUT2D eigenvalue weighted by Crippen LogP contribution is -2.24. The van der Waals surface area contributed by atoms with Crippen molar-refractivity contribution in [2.45, 2.75) is 25.8 Å². The molecule has 0 aromatic carbocycles. The quantitative estimate of drug-likeness (QED) is 0.233.